The van der Waals surface area contributed by atoms with Crippen LogP contribution in [0.4, 0.5) is 10.2 Å². The fourth-order valence-corrected chi connectivity index (χ4v) is 1.90. The van der Waals surface area contributed by atoms with Crippen LogP contribution in [0.5, 0.6) is 0 Å². The maximum atomic E-state index is 13.4. The highest BCUT2D eigenvalue weighted by atomic mass is 32.2. The fraction of sp³-hybridized carbons (Fsp3) is 0.400. The number of pyridine rings is 1. The molecule has 0 aromatic carbocycles. The lowest BCUT2D eigenvalue weighted by Gasteiger charge is -2.06. The number of carbonyl (C=O) groups excluding carboxylic acids is 1. The number of anilines is 1. The van der Waals surface area contributed by atoms with Crippen molar-refractivity contribution < 1.29 is 17.6 Å². The SMILES string of the molecule is CCS(=O)(=O)CCNC(=O)c1ccnc(N)c1F. The molecule has 0 aliphatic carbocycles. The number of amides is 1. The third-order valence-electron chi connectivity index (χ3n) is 2.30. The van der Waals surface area contributed by atoms with Gasteiger partial charge in [0.05, 0.1) is 11.3 Å². The van der Waals surface area contributed by atoms with E-state index < -0.39 is 21.6 Å². The standard InChI is InChI=1S/C10H14FN3O3S/c1-2-18(16,17)6-5-14-10(15)7-3-4-13-9(12)8(7)11/h3-4H,2,5-6H2,1H3,(H2,12,13)(H,14,15). The monoisotopic (exact) mass is 275 g/mol. The van der Waals surface area contributed by atoms with Gasteiger partial charge >= 0.3 is 0 Å². The molecule has 6 nitrogen and oxygen atoms in total. The van der Waals surface area contributed by atoms with Gasteiger partial charge in [-0.3, -0.25) is 4.79 Å². The maximum absolute atomic E-state index is 13.4. The Morgan fingerprint density at radius 2 is 2.22 bits per heavy atom. The molecule has 1 aromatic heterocycles. The Kier molecular flexibility index (Phi) is 4.60. The molecule has 1 rings (SSSR count). The highest BCUT2D eigenvalue weighted by molar-refractivity contribution is 7.91. The molecular weight excluding hydrogens is 261 g/mol. The third-order valence-corrected chi connectivity index (χ3v) is 4.01. The smallest absolute Gasteiger partial charge is 0.254 e. The number of halogens is 1. The minimum absolute atomic E-state index is 0.000559. The first kappa shape index (κ1) is 14.4. The number of nitrogens with zero attached hydrogens (tertiary/aromatic N) is 1. The molecule has 0 atom stereocenters. The van der Waals surface area contributed by atoms with E-state index in [9.17, 15) is 17.6 Å². The van der Waals surface area contributed by atoms with E-state index in [0.717, 1.165) is 0 Å². The average Bonchev–Trinajstić information content (AvgIpc) is 2.32. The summed E-state index contributed by atoms with van der Waals surface area (Å²) >= 11 is 0. The predicted molar refractivity (Wildman–Crippen MR) is 65.3 cm³/mol. The number of nitrogens with one attached hydrogen (secondary N) is 1. The molecule has 0 aliphatic rings. The van der Waals surface area contributed by atoms with E-state index in [1.54, 1.807) is 0 Å². The van der Waals surface area contributed by atoms with Gasteiger partial charge in [0, 0.05) is 18.5 Å². The van der Waals surface area contributed by atoms with E-state index in [2.05, 4.69) is 10.3 Å². The Labute approximate surface area is 104 Å². The van der Waals surface area contributed by atoms with Crippen LogP contribution in [-0.2, 0) is 9.84 Å². The second-order valence-electron chi connectivity index (χ2n) is 3.55. The van der Waals surface area contributed by atoms with Gasteiger partial charge in [-0.25, -0.2) is 17.8 Å². The molecule has 0 saturated carbocycles. The van der Waals surface area contributed by atoms with Crippen molar-refractivity contribution in [2.75, 3.05) is 23.8 Å². The predicted octanol–water partition coefficient (Wildman–Crippen LogP) is -0.0326. The normalized spacial score (nSPS) is 11.2. The number of sulfone groups is 1. The minimum Gasteiger partial charge on any atom is -0.381 e. The van der Waals surface area contributed by atoms with Crippen LogP contribution in [0.15, 0.2) is 12.3 Å². The minimum atomic E-state index is -3.16. The molecule has 1 aromatic rings. The molecule has 1 amide bonds. The van der Waals surface area contributed by atoms with Gasteiger partial charge in [-0.15, -0.1) is 0 Å². The van der Waals surface area contributed by atoms with Gasteiger partial charge in [0.2, 0.25) is 0 Å². The van der Waals surface area contributed by atoms with Crippen LogP contribution in [0.2, 0.25) is 0 Å². The lowest BCUT2D eigenvalue weighted by atomic mass is 10.2. The first-order chi connectivity index (χ1) is 8.37. The van der Waals surface area contributed by atoms with E-state index in [-0.39, 0.29) is 29.4 Å². The van der Waals surface area contributed by atoms with Gasteiger partial charge in [-0.05, 0) is 6.07 Å². The number of hydrogen-bond acceptors (Lipinski definition) is 5. The molecular formula is C10H14FN3O3S. The van der Waals surface area contributed by atoms with Crippen molar-refractivity contribution >= 4 is 21.6 Å². The van der Waals surface area contributed by atoms with E-state index in [1.807, 2.05) is 0 Å². The van der Waals surface area contributed by atoms with Crippen LogP contribution < -0.4 is 11.1 Å². The summed E-state index contributed by atoms with van der Waals surface area (Å²) in [5, 5.41) is 2.32. The van der Waals surface area contributed by atoms with Crippen LogP contribution in [0.25, 0.3) is 0 Å². The van der Waals surface area contributed by atoms with E-state index in [4.69, 9.17) is 5.73 Å². The van der Waals surface area contributed by atoms with Crippen LogP contribution in [0, 0.1) is 5.82 Å². The van der Waals surface area contributed by atoms with Crippen molar-refractivity contribution in [3.63, 3.8) is 0 Å². The Balaban J connectivity index is 2.64. The van der Waals surface area contributed by atoms with Gasteiger partial charge in [-0.2, -0.15) is 0 Å². The number of hydrogen-bond donors (Lipinski definition) is 2. The van der Waals surface area contributed by atoms with Gasteiger partial charge in [0.15, 0.2) is 21.5 Å². The summed E-state index contributed by atoms with van der Waals surface area (Å²) in [6, 6.07) is 1.18. The highest BCUT2D eigenvalue weighted by Crippen LogP contribution is 2.11. The van der Waals surface area contributed by atoms with Crippen molar-refractivity contribution in [2.24, 2.45) is 0 Å². The molecule has 1 heterocycles. The van der Waals surface area contributed by atoms with Crippen LogP contribution >= 0.6 is 0 Å². The second kappa shape index (κ2) is 5.76. The quantitative estimate of drug-likeness (QED) is 0.785. The first-order valence-electron chi connectivity index (χ1n) is 5.26. The number of nitrogens with two attached hydrogens (primary N) is 1. The van der Waals surface area contributed by atoms with E-state index >= 15 is 0 Å². The van der Waals surface area contributed by atoms with Gasteiger partial charge in [0.1, 0.15) is 0 Å². The summed E-state index contributed by atoms with van der Waals surface area (Å²) < 4.78 is 35.8. The van der Waals surface area contributed by atoms with Crippen LogP contribution in [0.1, 0.15) is 17.3 Å². The third kappa shape index (κ3) is 3.66. The lowest BCUT2D eigenvalue weighted by molar-refractivity contribution is 0.0952. The molecule has 0 unspecified atom stereocenters. The van der Waals surface area contributed by atoms with Gasteiger partial charge in [-0.1, -0.05) is 6.92 Å². The molecule has 8 heteroatoms. The Morgan fingerprint density at radius 3 is 2.83 bits per heavy atom. The molecule has 0 bridgehead atoms. The largest absolute Gasteiger partial charge is 0.381 e. The highest BCUT2D eigenvalue weighted by Gasteiger charge is 2.15. The molecule has 0 spiro atoms. The summed E-state index contributed by atoms with van der Waals surface area (Å²) in [5.74, 6) is -2.18. The van der Waals surface area contributed by atoms with Crippen molar-refractivity contribution in [3.05, 3.63) is 23.6 Å². The van der Waals surface area contributed by atoms with E-state index in [1.165, 1.54) is 19.2 Å². The molecule has 18 heavy (non-hydrogen) atoms. The van der Waals surface area contributed by atoms with Crippen molar-refractivity contribution in [1.82, 2.24) is 10.3 Å². The van der Waals surface area contributed by atoms with Gasteiger partial charge < -0.3 is 11.1 Å². The van der Waals surface area contributed by atoms with Crippen molar-refractivity contribution in [1.29, 1.82) is 0 Å². The van der Waals surface area contributed by atoms with E-state index in [0.29, 0.717) is 0 Å². The summed E-state index contributed by atoms with van der Waals surface area (Å²) in [6.07, 6.45) is 1.20. The summed E-state index contributed by atoms with van der Waals surface area (Å²) in [5.41, 5.74) is 4.96. The lowest BCUT2D eigenvalue weighted by Crippen LogP contribution is -2.30. The molecule has 100 valence electrons. The second-order valence-corrected chi connectivity index (χ2v) is 6.02. The van der Waals surface area contributed by atoms with Crippen molar-refractivity contribution in [3.8, 4) is 0 Å². The fourth-order valence-electron chi connectivity index (χ4n) is 1.19. The summed E-state index contributed by atoms with van der Waals surface area (Å²) in [6.45, 7) is 1.44. The Morgan fingerprint density at radius 1 is 1.56 bits per heavy atom. The number of nitrogen functional groups attached to an aromatic ring is 1. The zero-order valence-electron chi connectivity index (χ0n) is 9.81. The average molecular weight is 275 g/mol. The zero-order valence-corrected chi connectivity index (χ0v) is 10.6. The molecule has 0 saturated heterocycles. The number of aromatic nitrogens is 1. The Bertz CT molecular complexity index is 545. The molecule has 0 fully saturated rings. The first-order valence-corrected chi connectivity index (χ1v) is 7.08. The topological polar surface area (TPSA) is 102 Å². The van der Waals surface area contributed by atoms with Crippen LogP contribution in [0.3, 0.4) is 0 Å². The van der Waals surface area contributed by atoms with Crippen molar-refractivity contribution in [2.45, 2.75) is 6.92 Å². The Hall–Kier alpha value is -1.70. The zero-order chi connectivity index (χ0) is 13.8. The summed E-state index contributed by atoms with van der Waals surface area (Å²) in [4.78, 5) is 15.0. The number of carbonyl (C=O) groups is 1. The molecule has 3 N–H and O–H groups in total. The molecule has 0 radical (unpaired) electrons. The maximum Gasteiger partial charge on any atom is 0.254 e. The number of rotatable bonds is 5. The van der Waals surface area contributed by atoms with Gasteiger partial charge in [0.25, 0.3) is 5.91 Å². The summed E-state index contributed by atoms with van der Waals surface area (Å²) in [7, 11) is -3.16. The molecule has 0 aliphatic heterocycles. The van der Waals surface area contributed by atoms with Crippen LogP contribution in [-0.4, -0.2) is 37.4 Å².